The SMILES string of the molecule is NC(c1cccc(Cl)c1Cl)c1c(F)cc(Br)cc1F. The minimum Gasteiger partial charge on any atom is -0.320 e. The molecule has 1 nitrogen and oxygen atoms in total. The summed E-state index contributed by atoms with van der Waals surface area (Å²) in [6.45, 7) is 0. The minimum absolute atomic E-state index is 0.193. The Hall–Kier alpha value is -0.680. The van der Waals surface area contributed by atoms with Gasteiger partial charge in [0.15, 0.2) is 0 Å². The van der Waals surface area contributed by atoms with Crippen LogP contribution in [-0.2, 0) is 0 Å². The third-order valence-electron chi connectivity index (χ3n) is 2.67. The lowest BCUT2D eigenvalue weighted by molar-refractivity contribution is 0.542. The van der Waals surface area contributed by atoms with E-state index in [1.807, 2.05) is 0 Å². The highest BCUT2D eigenvalue weighted by atomic mass is 79.9. The zero-order valence-corrected chi connectivity index (χ0v) is 12.5. The van der Waals surface area contributed by atoms with Crippen LogP contribution in [0.5, 0.6) is 0 Å². The highest BCUT2D eigenvalue weighted by Gasteiger charge is 2.22. The van der Waals surface area contributed by atoms with Crippen LogP contribution in [0, 0.1) is 11.6 Å². The summed E-state index contributed by atoms with van der Waals surface area (Å²) in [7, 11) is 0. The van der Waals surface area contributed by atoms with Gasteiger partial charge in [-0.2, -0.15) is 0 Å². The highest BCUT2D eigenvalue weighted by molar-refractivity contribution is 9.10. The first-order valence-electron chi connectivity index (χ1n) is 5.25. The van der Waals surface area contributed by atoms with Gasteiger partial charge in [-0.15, -0.1) is 0 Å². The van der Waals surface area contributed by atoms with E-state index in [9.17, 15) is 8.78 Å². The minimum atomic E-state index is -1.03. The monoisotopic (exact) mass is 365 g/mol. The second kappa shape index (κ2) is 5.75. The predicted octanol–water partition coefficient (Wildman–Crippen LogP) is 5.08. The molecule has 6 heteroatoms. The zero-order valence-electron chi connectivity index (χ0n) is 9.43. The molecule has 0 radical (unpaired) electrons. The Morgan fingerprint density at radius 3 is 2.26 bits per heavy atom. The summed E-state index contributed by atoms with van der Waals surface area (Å²) >= 11 is 14.9. The van der Waals surface area contributed by atoms with Gasteiger partial charge in [0.05, 0.1) is 16.1 Å². The van der Waals surface area contributed by atoms with Crippen molar-refractivity contribution in [3.63, 3.8) is 0 Å². The van der Waals surface area contributed by atoms with Gasteiger partial charge < -0.3 is 5.73 Å². The Kier molecular flexibility index (Phi) is 4.46. The number of nitrogens with two attached hydrogens (primary N) is 1. The van der Waals surface area contributed by atoms with Gasteiger partial charge in [-0.25, -0.2) is 8.78 Å². The number of hydrogen-bond donors (Lipinski definition) is 1. The van der Waals surface area contributed by atoms with E-state index in [0.29, 0.717) is 10.0 Å². The van der Waals surface area contributed by atoms with E-state index in [1.54, 1.807) is 18.2 Å². The molecule has 0 aromatic heterocycles. The molecule has 0 spiro atoms. The first-order valence-corrected chi connectivity index (χ1v) is 6.80. The van der Waals surface area contributed by atoms with Crippen LogP contribution in [0.2, 0.25) is 10.0 Å². The molecule has 2 aromatic rings. The van der Waals surface area contributed by atoms with E-state index in [4.69, 9.17) is 28.9 Å². The van der Waals surface area contributed by atoms with Crippen molar-refractivity contribution >= 4 is 39.1 Å². The zero-order chi connectivity index (χ0) is 14.2. The van der Waals surface area contributed by atoms with Gasteiger partial charge in [-0.1, -0.05) is 51.3 Å². The van der Waals surface area contributed by atoms with Crippen molar-refractivity contribution in [2.24, 2.45) is 5.73 Å². The molecule has 0 amide bonds. The Morgan fingerprint density at radius 1 is 1.11 bits per heavy atom. The van der Waals surface area contributed by atoms with E-state index in [1.165, 1.54) is 0 Å². The van der Waals surface area contributed by atoms with Crippen LogP contribution < -0.4 is 5.73 Å². The van der Waals surface area contributed by atoms with Crippen molar-refractivity contribution in [3.8, 4) is 0 Å². The number of hydrogen-bond acceptors (Lipinski definition) is 1. The second-order valence-corrected chi connectivity index (χ2v) is 5.60. The van der Waals surface area contributed by atoms with Crippen LogP contribution >= 0.6 is 39.1 Å². The third-order valence-corrected chi connectivity index (χ3v) is 3.96. The average molecular weight is 367 g/mol. The molecule has 0 heterocycles. The van der Waals surface area contributed by atoms with Gasteiger partial charge in [-0.05, 0) is 23.8 Å². The smallest absolute Gasteiger partial charge is 0.132 e. The van der Waals surface area contributed by atoms with Gasteiger partial charge >= 0.3 is 0 Å². The Balaban J connectivity index is 2.56. The fourth-order valence-electron chi connectivity index (χ4n) is 1.77. The van der Waals surface area contributed by atoms with Crippen LogP contribution in [0.1, 0.15) is 17.2 Å². The summed E-state index contributed by atoms with van der Waals surface area (Å²) in [5, 5.41) is 0.478. The van der Waals surface area contributed by atoms with E-state index in [2.05, 4.69) is 15.9 Å². The van der Waals surface area contributed by atoms with Gasteiger partial charge in [0.25, 0.3) is 0 Å². The molecule has 0 bridgehead atoms. The third kappa shape index (κ3) is 2.92. The van der Waals surface area contributed by atoms with E-state index in [0.717, 1.165) is 12.1 Å². The van der Waals surface area contributed by atoms with Crippen LogP contribution in [0.15, 0.2) is 34.8 Å². The maximum atomic E-state index is 13.9. The summed E-state index contributed by atoms with van der Waals surface area (Å²) in [4.78, 5) is 0. The Bertz CT molecular complexity index is 611. The molecule has 0 aliphatic rings. The fraction of sp³-hybridized carbons (Fsp3) is 0.0769. The van der Waals surface area contributed by atoms with Crippen LogP contribution in [0.4, 0.5) is 8.78 Å². The number of benzene rings is 2. The molecular formula is C13H8BrCl2F2N. The topological polar surface area (TPSA) is 26.0 Å². The van der Waals surface area contributed by atoms with Gasteiger partial charge in [-0.3, -0.25) is 0 Å². The normalized spacial score (nSPS) is 12.5. The molecule has 0 saturated heterocycles. The Morgan fingerprint density at radius 2 is 1.68 bits per heavy atom. The molecule has 100 valence electrons. The molecular weight excluding hydrogens is 359 g/mol. The number of rotatable bonds is 2. The lowest BCUT2D eigenvalue weighted by Gasteiger charge is -2.16. The summed E-state index contributed by atoms with van der Waals surface area (Å²) in [5.74, 6) is -1.48. The molecule has 0 fully saturated rings. The summed E-state index contributed by atoms with van der Waals surface area (Å²) in [6, 6.07) is 6.05. The van der Waals surface area contributed by atoms with Crippen LogP contribution in [-0.4, -0.2) is 0 Å². The van der Waals surface area contributed by atoms with Crippen molar-refractivity contribution in [3.05, 3.63) is 67.6 Å². The van der Waals surface area contributed by atoms with Gasteiger partial charge in [0, 0.05) is 10.0 Å². The summed E-state index contributed by atoms with van der Waals surface area (Å²) in [6.07, 6.45) is 0. The lowest BCUT2D eigenvalue weighted by Crippen LogP contribution is -2.16. The predicted molar refractivity (Wildman–Crippen MR) is 76.6 cm³/mol. The first kappa shape index (κ1) is 14.7. The number of halogens is 5. The van der Waals surface area contributed by atoms with E-state index < -0.39 is 17.7 Å². The largest absolute Gasteiger partial charge is 0.320 e. The molecule has 1 atom stereocenters. The molecule has 19 heavy (non-hydrogen) atoms. The quantitative estimate of drug-likeness (QED) is 0.787. The maximum Gasteiger partial charge on any atom is 0.132 e. The van der Waals surface area contributed by atoms with E-state index >= 15 is 0 Å². The second-order valence-electron chi connectivity index (χ2n) is 3.90. The van der Waals surface area contributed by atoms with Crippen LogP contribution in [0.25, 0.3) is 0 Å². The fourth-order valence-corrected chi connectivity index (χ4v) is 2.59. The maximum absolute atomic E-state index is 13.9. The van der Waals surface area contributed by atoms with Crippen molar-refractivity contribution < 1.29 is 8.78 Å². The molecule has 2 rings (SSSR count). The molecule has 1 unspecified atom stereocenters. The first-order chi connectivity index (χ1) is 8.91. The molecule has 0 aliphatic carbocycles. The molecule has 0 saturated carbocycles. The standard InChI is InChI=1S/C13H8BrCl2F2N/c14-6-4-9(17)11(10(18)5-6)13(19)7-2-1-3-8(15)12(7)16/h1-5,13H,19H2. The van der Waals surface area contributed by atoms with Crippen molar-refractivity contribution in [1.29, 1.82) is 0 Å². The van der Waals surface area contributed by atoms with Crippen LogP contribution in [0.3, 0.4) is 0 Å². The molecule has 2 aromatic carbocycles. The molecule has 2 N–H and O–H groups in total. The highest BCUT2D eigenvalue weighted by Crippen LogP contribution is 2.34. The summed E-state index contributed by atoms with van der Waals surface area (Å²) < 4.78 is 28.0. The van der Waals surface area contributed by atoms with Crippen molar-refractivity contribution in [1.82, 2.24) is 0 Å². The van der Waals surface area contributed by atoms with Crippen molar-refractivity contribution in [2.75, 3.05) is 0 Å². The van der Waals surface area contributed by atoms with Crippen molar-refractivity contribution in [2.45, 2.75) is 6.04 Å². The average Bonchev–Trinajstić information content (AvgIpc) is 2.31. The van der Waals surface area contributed by atoms with Gasteiger partial charge in [0.2, 0.25) is 0 Å². The summed E-state index contributed by atoms with van der Waals surface area (Å²) in [5.41, 5.74) is 6.03. The van der Waals surface area contributed by atoms with E-state index in [-0.39, 0.29) is 15.6 Å². The Labute approximate surface area is 127 Å². The van der Waals surface area contributed by atoms with Gasteiger partial charge in [0.1, 0.15) is 11.6 Å². The molecule has 0 aliphatic heterocycles. The lowest BCUT2D eigenvalue weighted by atomic mass is 9.98.